The highest BCUT2D eigenvalue weighted by Crippen LogP contribution is 2.37. The zero-order chi connectivity index (χ0) is 7.78. The minimum absolute atomic E-state index is 0.0135. The molecule has 1 rings (SSSR count). The van der Waals surface area contributed by atoms with Gasteiger partial charge in [0.15, 0.2) is 0 Å². The number of nitrogens with one attached hydrogen (secondary N) is 1. The Bertz CT molecular complexity index is 198. The van der Waals surface area contributed by atoms with Gasteiger partial charge in [-0.15, -0.1) is 0 Å². The quantitative estimate of drug-likeness (QED) is 0.543. The lowest BCUT2D eigenvalue weighted by Gasteiger charge is -2.16. The molecule has 54 valence electrons. The van der Waals surface area contributed by atoms with E-state index in [4.69, 9.17) is 10.7 Å². The van der Waals surface area contributed by atoms with Crippen LogP contribution in [0.25, 0.3) is 0 Å². The fourth-order valence-electron chi connectivity index (χ4n) is 1.38. The zero-order valence-electron chi connectivity index (χ0n) is 6.44. The first kappa shape index (κ1) is 7.27. The summed E-state index contributed by atoms with van der Waals surface area (Å²) in [7, 11) is 0. The van der Waals surface area contributed by atoms with Crippen LogP contribution in [0.2, 0.25) is 0 Å². The molecule has 1 atom stereocenters. The molecule has 1 fully saturated rings. The lowest BCUT2D eigenvalue weighted by atomic mass is 9.88. The van der Waals surface area contributed by atoms with Crippen molar-refractivity contribution in [3.05, 3.63) is 0 Å². The maximum atomic E-state index is 8.58. The van der Waals surface area contributed by atoms with E-state index in [0.717, 1.165) is 12.8 Å². The summed E-state index contributed by atoms with van der Waals surface area (Å²) in [5.41, 5.74) is 0.607. The first-order chi connectivity index (χ1) is 4.58. The third-order valence-electron chi connectivity index (χ3n) is 2.29. The van der Waals surface area contributed by atoms with Crippen molar-refractivity contribution >= 4 is 5.71 Å². The van der Waals surface area contributed by atoms with Gasteiger partial charge in [0.1, 0.15) is 0 Å². The molecule has 0 aliphatic heterocycles. The van der Waals surface area contributed by atoms with Crippen molar-refractivity contribution in [3.8, 4) is 6.07 Å². The average molecular weight is 136 g/mol. The van der Waals surface area contributed by atoms with E-state index in [1.54, 1.807) is 0 Å². The van der Waals surface area contributed by atoms with Gasteiger partial charge in [0.05, 0.1) is 12.0 Å². The number of rotatable bonds is 0. The Morgan fingerprint density at radius 3 is 2.50 bits per heavy atom. The monoisotopic (exact) mass is 136 g/mol. The molecular weight excluding hydrogens is 124 g/mol. The molecule has 1 saturated carbocycles. The molecule has 1 aliphatic carbocycles. The first-order valence-electron chi connectivity index (χ1n) is 3.56. The SMILES string of the molecule is CC1(C)CCC(C#N)C1=N. The highest BCUT2D eigenvalue weighted by Gasteiger charge is 2.36. The summed E-state index contributed by atoms with van der Waals surface area (Å²) >= 11 is 0. The Morgan fingerprint density at radius 1 is 1.70 bits per heavy atom. The Morgan fingerprint density at radius 2 is 2.30 bits per heavy atom. The second-order valence-corrected chi connectivity index (χ2v) is 3.52. The van der Waals surface area contributed by atoms with Gasteiger partial charge >= 0.3 is 0 Å². The van der Waals surface area contributed by atoms with E-state index in [1.807, 2.05) is 13.8 Å². The van der Waals surface area contributed by atoms with Crippen molar-refractivity contribution in [2.75, 3.05) is 0 Å². The molecule has 0 bridgehead atoms. The fraction of sp³-hybridized carbons (Fsp3) is 0.750. The summed E-state index contributed by atoms with van der Waals surface area (Å²) in [6.07, 6.45) is 1.87. The number of nitriles is 1. The molecule has 2 nitrogen and oxygen atoms in total. The van der Waals surface area contributed by atoms with E-state index >= 15 is 0 Å². The van der Waals surface area contributed by atoms with Gasteiger partial charge in [-0.05, 0) is 12.8 Å². The van der Waals surface area contributed by atoms with Crippen molar-refractivity contribution in [2.24, 2.45) is 11.3 Å². The summed E-state index contributed by atoms with van der Waals surface area (Å²) in [6, 6.07) is 2.14. The van der Waals surface area contributed by atoms with Crippen LogP contribution in [0.15, 0.2) is 0 Å². The molecule has 1 N–H and O–H groups in total. The van der Waals surface area contributed by atoms with E-state index in [0.29, 0.717) is 5.71 Å². The van der Waals surface area contributed by atoms with Crippen LogP contribution < -0.4 is 0 Å². The molecule has 0 amide bonds. The molecule has 0 saturated heterocycles. The van der Waals surface area contributed by atoms with E-state index in [-0.39, 0.29) is 11.3 Å². The Labute approximate surface area is 61.4 Å². The van der Waals surface area contributed by atoms with Gasteiger partial charge in [-0.3, -0.25) is 0 Å². The third kappa shape index (κ3) is 0.923. The van der Waals surface area contributed by atoms with Gasteiger partial charge in [-0.1, -0.05) is 13.8 Å². The van der Waals surface area contributed by atoms with Crippen molar-refractivity contribution in [1.82, 2.24) is 0 Å². The van der Waals surface area contributed by atoms with Crippen molar-refractivity contribution < 1.29 is 0 Å². The Hall–Kier alpha value is -0.840. The summed E-state index contributed by atoms with van der Waals surface area (Å²) in [5, 5.41) is 16.2. The van der Waals surface area contributed by atoms with Gasteiger partial charge in [-0.25, -0.2) is 0 Å². The van der Waals surface area contributed by atoms with Gasteiger partial charge in [0, 0.05) is 11.1 Å². The van der Waals surface area contributed by atoms with Crippen LogP contribution in [0.1, 0.15) is 26.7 Å². The van der Waals surface area contributed by atoms with Crippen molar-refractivity contribution in [1.29, 1.82) is 10.7 Å². The van der Waals surface area contributed by atoms with E-state index < -0.39 is 0 Å². The van der Waals surface area contributed by atoms with Crippen LogP contribution in [-0.4, -0.2) is 5.71 Å². The maximum absolute atomic E-state index is 8.58. The topological polar surface area (TPSA) is 47.6 Å². The van der Waals surface area contributed by atoms with Crippen LogP contribution in [0, 0.1) is 28.1 Å². The van der Waals surface area contributed by atoms with Crippen LogP contribution in [0.5, 0.6) is 0 Å². The van der Waals surface area contributed by atoms with Crippen LogP contribution >= 0.6 is 0 Å². The minimum Gasteiger partial charge on any atom is -0.308 e. The van der Waals surface area contributed by atoms with Gasteiger partial charge in [0.2, 0.25) is 0 Å². The normalized spacial score (nSPS) is 30.1. The van der Waals surface area contributed by atoms with Crippen molar-refractivity contribution in [3.63, 3.8) is 0 Å². The predicted octanol–water partition coefficient (Wildman–Crippen LogP) is 1.97. The van der Waals surface area contributed by atoms with E-state index in [9.17, 15) is 0 Å². The summed E-state index contributed by atoms with van der Waals surface area (Å²) in [6.45, 7) is 4.07. The highest BCUT2D eigenvalue weighted by molar-refractivity contribution is 5.92. The lowest BCUT2D eigenvalue weighted by molar-refractivity contribution is 0.508. The first-order valence-corrected chi connectivity index (χ1v) is 3.56. The van der Waals surface area contributed by atoms with Crippen LogP contribution in [0.3, 0.4) is 0 Å². The molecule has 0 aromatic carbocycles. The summed E-state index contributed by atoms with van der Waals surface area (Å²) in [4.78, 5) is 0. The Balaban J connectivity index is 2.80. The van der Waals surface area contributed by atoms with Gasteiger partial charge in [0.25, 0.3) is 0 Å². The molecule has 2 heteroatoms. The molecule has 10 heavy (non-hydrogen) atoms. The smallest absolute Gasteiger partial charge is 0.0844 e. The minimum atomic E-state index is -0.102. The molecular formula is C8H12N2. The van der Waals surface area contributed by atoms with E-state index in [2.05, 4.69) is 6.07 Å². The average Bonchev–Trinajstić information content (AvgIpc) is 2.10. The fourth-order valence-corrected chi connectivity index (χ4v) is 1.38. The lowest BCUT2D eigenvalue weighted by Crippen LogP contribution is -2.19. The largest absolute Gasteiger partial charge is 0.308 e. The third-order valence-corrected chi connectivity index (χ3v) is 2.29. The second-order valence-electron chi connectivity index (χ2n) is 3.52. The number of hydrogen-bond donors (Lipinski definition) is 1. The molecule has 1 aliphatic rings. The predicted molar refractivity (Wildman–Crippen MR) is 39.8 cm³/mol. The molecule has 0 radical (unpaired) electrons. The molecule has 0 aromatic heterocycles. The molecule has 0 heterocycles. The summed E-state index contributed by atoms with van der Waals surface area (Å²) in [5.74, 6) is -0.102. The molecule has 0 aromatic rings. The second kappa shape index (κ2) is 2.09. The number of nitrogens with zero attached hydrogens (tertiary/aromatic N) is 1. The highest BCUT2D eigenvalue weighted by atomic mass is 14.6. The van der Waals surface area contributed by atoms with Crippen LogP contribution in [-0.2, 0) is 0 Å². The molecule has 1 unspecified atom stereocenters. The standard InChI is InChI=1S/C8H12N2/c1-8(2)4-3-6(5-9)7(8)10/h6,10H,3-4H2,1-2H3. The summed E-state index contributed by atoms with van der Waals surface area (Å²) < 4.78 is 0. The van der Waals surface area contributed by atoms with Crippen molar-refractivity contribution in [2.45, 2.75) is 26.7 Å². The van der Waals surface area contributed by atoms with Gasteiger partial charge in [-0.2, -0.15) is 5.26 Å². The maximum Gasteiger partial charge on any atom is 0.0844 e. The zero-order valence-corrected chi connectivity index (χ0v) is 6.44. The number of hydrogen-bond acceptors (Lipinski definition) is 2. The Kier molecular flexibility index (Phi) is 1.52. The van der Waals surface area contributed by atoms with Gasteiger partial charge < -0.3 is 5.41 Å². The molecule has 0 spiro atoms. The van der Waals surface area contributed by atoms with E-state index in [1.165, 1.54) is 0 Å². The van der Waals surface area contributed by atoms with Crippen LogP contribution in [0.4, 0.5) is 0 Å².